The largest absolute Gasteiger partial charge is 0.385 e. The Morgan fingerprint density at radius 1 is 1.32 bits per heavy atom. The fraction of sp³-hybridized carbons (Fsp3) is 0.214. The highest BCUT2D eigenvalue weighted by molar-refractivity contribution is 6.07. The number of carbonyl (C=O) groups is 1. The maximum Gasteiger partial charge on any atom is 0.260 e. The number of nitrogens with one attached hydrogen (secondary N) is 2. The lowest BCUT2D eigenvalue weighted by Gasteiger charge is -2.10. The lowest BCUT2D eigenvalue weighted by molar-refractivity contribution is 0.102. The first kappa shape index (κ1) is 13.0. The predicted molar refractivity (Wildman–Crippen MR) is 75.3 cm³/mol. The lowest BCUT2D eigenvalue weighted by Crippen LogP contribution is -2.16. The number of nitrogens with zero attached hydrogens (tertiary/aromatic N) is 2. The molecule has 0 aromatic carbocycles. The van der Waals surface area contributed by atoms with Gasteiger partial charge >= 0.3 is 0 Å². The van der Waals surface area contributed by atoms with Crippen molar-refractivity contribution in [2.75, 3.05) is 17.2 Å². The first-order valence-electron chi connectivity index (χ1n) is 6.12. The van der Waals surface area contributed by atoms with Crippen molar-refractivity contribution >= 4 is 17.4 Å². The van der Waals surface area contributed by atoms with Gasteiger partial charge in [-0.1, -0.05) is 0 Å². The topological polar surface area (TPSA) is 66.9 Å². The summed E-state index contributed by atoms with van der Waals surface area (Å²) >= 11 is 0. The molecule has 5 heteroatoms. The zero-order valence-corrected chi connectivity index (χ0v) is 11.0. The normalized spacial score (nSPS) is 10.0. The van der Waals surface area contributed by atoms with Crippen molar-refractivity contribution in [3.05, 3.63) is 47.9 Å². The Kier molecular flexibility index (Phi) is 4.07. The lowest BCUT2D eigenvalue weighted by atomic mass is 10.2. The van der Waals surface area contributed by atoms with E-state index >= 15 is 0 Å². The number of rotatable bonds is 4. The second-order valence-electron chi connectivity index (χ2n) is 4.12. The van der Waals surface area contributed by atoms with E-state index in [0.29, 0.717) is 11.4 Å². The average molecular weight is 256 g/mol. The standard InChI is InChI=1S/C14H16N4O/c1-3-16-12-5-6-15-9-11(12)14(19)18-13-8-10(2)4-7-17-13/h4-9H,3H2,1-2H3,(H,15,16)(H,17,18,19). The molecular weight excluding hydrogens is 240 g/mol. The fourth-order valence-corrected chi connectivity index (χ4v) is 1.71. The maximum absolute atomic E-state index is 12.2. The monoisotopic (exact) mass is 256 g/mol. The minimum absolute atomic E-state index is 0.220. The van der Waals surface area contributed by atoms with Crippen molar-refractivity contribution in [2.24, 2.45) is 0 Å². The van der Waals surface area contributed by atoms with E-state index in [9.17, 15) is 4.79 Å². The summed E-state index contributed by atoms with van der Waals surface area (Å²) in [7, 11) is 0. The Hall–Kier alpha value is -2.43. The van der Waals surface area contributed by atoms with Crippen molar-refractivity contribution in [3.8, 4) is 0 Å². The number of aryl methyl sites for hydroxylation is 1. The third-order valence-corrected chi connectivity index (χ3v) is 2.59. The van der Waals surface area contributed by atoms with E-state index in [1.807, 2.05) is 26.0 Å². The van der Waals surface area contributed by atoms with Crippen molar-refractivity contribution in [2.45, 2.75) is 13.8 Å². The number of pyridine rings is 2. The average Bonchev–Trinajstić information content (AvgIpc) is 2.39. The molecule has 98 valence electrons. The van der Waals surface area contributed by atoms with Gasteiger partial charge in [-0.05, 0) is 37.6 Å². The van der Waals surface area contributed by atoms with E-state index in [2.05, 4.69) is 20.6 Å². The number of amides is 1. The van der Waals surface area contributed by atoms with Gasteiger partial charge in [0.05, 0.1) is 11.3 Å². The first-order valence-corrected chi connectivity index (χ1v) is 6.12. The van der Waals surface area contributed by atoms with Crippen LogP contribution >= 0.6 is 0 Å². The van der Waals surface area contributed by atoms with Gasteiger partial charge in [0.25, 0.3) is 5.91 Å². The number of anilines is 2. The third kappa shape index (κ3) is 3.28. The molecule has 0 fully saturated rings. The van der Waals surface area contributed by atoms with E-state index < -0.39 is 0 Å². The second kappa shape index (κ2) is 5.95. The SMILES string of the molecule is CCNc1ccncc1C(=O)Nc1cc(C)ccn1. The van der Waals surface area contributed by atoms with Gasteiger partial charge in [0.2, 0.25) is 0 Å². The Morgan fingerprint density at radius 2 is 2.16 bits per heavy atom. The highest BCUT2D eigenvalue weighted by atomic mass is 16.1. The van der Waals surface area contributed by atoms with Gasteiger partial charge in [0.1, 0.15) is 5.82 Å². The van der Waals surface area contributed by atoms with E-state index in [4.69, 9.17) is 0 Å². The first-order chi connectivity index (χ1) is 9.20. The third-order valence-electron chi connectivity index (χ3n) is 2.59. The molecule has 0 aliphatic rings. The summed E-state index contributed by atoms with van der Waals surface area (Å²) in [6.07, 6.45) is 4.86. The molecular formula is C14H16N4O. The van der Waals surface area contributed by atoms with Gasteiger partial charge in [-0.25, -0.2) is 4.98 Å². The molecule has 0 atom stereocenters. The van der Waals surface area contributed by atoms with Crippen LogP contribution in [0.15, 0.2) is 36.8 Å². The zero-order valence-electron chi connectivity index (χ0n) is 11.0. The number of carbonyl (C=O) groups excluding carboxylic acids is 1. The molecule has 0 unspecified atom stereocenters. The van der Waals surface area contributed by atoms with Gasteiger partial charge in [0.15, 0.2) is 0 Å². The molecule has 5 nitrogen and oxygen atoms in total. The molecule has 0 saturated carbocycles. The summed E-state index contributed by atoms with van der Waals surface area (Å²) in [6.45, 7) is 4.67. The van der Waals surface area contributed by atoms with E-state index in [0.717, 1.165) is 17.8 Å². The van der Waals surface area contributed by atoms with Crippen molar-refractivity contribution in [1.82, 2.24) is 9.97 Å². The minimum Gasteiger partial charge on any atom is -0.385 e. The van der Waals surface area contributed by atoms with E-state index in [1.165, 1.54) is 0 Å². The zero-order chi connectivity index (χ0) is 13.7. The summed E-state index contributed by atoms with van der Waals surface area (Å²) in [5, 5.41) is 5.90. The molecule has 0 aliphatic heterocycles. The molecule has 2 rings (SSSR count). The van der Waals surface area contributed by atoms with Gasteiger partial charge in [0, 0.05) is 25.1 Å². The van der Waals surface area contributed by atoms with Crippen LogP contribution in [0.25, 0.3) is 0 Å². The number of hydrogen-bond acceptors (Lipinski definition) is 4. The highest BCUT2D eigenvalue weighted by Gasteiger charge is 2.11. The predicted octanol–water partition coefficient (Wildman–Crippen LogP) is 2.47. The van der Waals surface area contributed by atoms with Gasteiger partial charge in [-0.3, -0.25) is 9.78 Å². The van der Waals surface area contributed by atoms with Crippen molar-refractivity contribution in [3.63, 3.8) is 0 Å². The summed E-state index contributed by atoms with van der Waals surface area (Å²) in [5.41, 5.74) is 2.32. The van der Waals surface area contributed by atoms with Crippen molar-refractivity contribution < 1.29 is 4.79 Å². The Balaban J connectivity index is 2.20. The molecule has 2 heterocycles. The van der Waals surface area contributed by atoms with Crippen LogP contribution in [0, 0.1) is 6.92 Å². The van der Waals surface area contributed by atoms with Crippen LogP contribution in [0.4, 0.5) is 11.5 Å². The molecule has 2 aromatic heterocycles. The smallest absolute Gasteiger partial charge is 0.260 e. The molecule has 0 aliphatic carbocycles. The van der Waals surface area contributed by atoms with Crippen LogP contribution in [0.2, 0.25) is 0 Å². The van der Waals surface area contributed by atoms with Crippen LogP contribution in [0.1, 0.15) is 22.8 Å². The quantitative estimate of drug-likeness (QED) is 0.881. The van der Waals surface area contributed by atoms with Crippen LogP contribution in [0.3, 0.4) is 0 Å². The molecule has 0 radical (unpaired) electrons. The van der Waals surface area contributed by atoms with E-state index in [-0.39, 0.29) is 5.91 Å². The van der Waals surface area contributed by atoms with Crippen LogP contribution < -0.4 is 10.6 Å². The summed E-state index contributed by atoms with van der Waals surface area (Å²) in [6, 6.07) is 5.48. The summed E-state index contributed by atoms with van der Waals surface area (Å²) in [5.74, 6) is 0.318. The molecule has 19 heavy (non-hydrogen) atoms. The summed E-state index contributed by atoms with van der Waals surface area (Å²) in [4.78, 5) is 20.3. The molecule has 2 N–H and O–H groups in total. The molecule has 2 aromatic rings. The second-order valence-corrected chi connectivity index (χ2v) is 4.12. The van der Waals surface area contributed by atoms with Gasteiger partial charge < -0.3 is 10.6 Å². The van der Waals surface area contributed by atoms with Crippen LogP contribution in [-0.2, 0) is 0 Å². The van der Waals surface area contributed by atoms with Gasteiger partial charge in [-0.2, -0.15) is 0 Å². The molecule has 0 saturated heterocycles. The highest BCUT2D eigenvalue weighted by Crippen LogP contribution is 2.15. The molecule has 0 bridgehead atoms. The molecule has 0 spiro atoms. The van der Waals surface area contributed by atoms with Crippen LogP contribution in [-0.4, -0.2) is 22.4 Å². The Morgan fingerprint density at radius 3 is 2.89 bits per heavy atom. The van der Waals surface area contributed by atoms with E-state index in [1.54, 1.807) is 24.7 Å². The van der Waals surface area contributed by atoms with Crippen molar-refractivity contribution in [1.29, 1.82) is 0 Å². The van der Waals surface area contributed by atoms with Crippen LogP contribution in [0.5, 0.6) is 0 Å². The fourth-order valence-electron chi connectivity index (χ4n) is 1.71. The minimum atomic E-state index is -0.220. The molecule has 1 amide bonds. The Labute approximate surface area is 112 Å². The van der Waals surface area contributed by atoms with Gasteiger partial charge in [-0.15, -0.1) is 0 Å². The number of hydrogen-bond donors (Lipinski definition) is 2. The Bertz CT molecular complexity index is 583. The summed E-state index contributed by atoms with van der Waals surface area (Å²) < 4.78 is 0. The maximum atomic E-state index is 12.2. The number of aromatic nitrogens is 2.